The van der Waals surface area contributed by atoms with Gasteiger partial charge in [-0.1, -0.05) is 30.3 Å². The number of nitrogens with one attached hydrogen (secondary N) is 2. The second kappa shape index (κ2) is 8.28. The van der Waals surface area contributed by atoms with Crippen LogP contribution in [0, 0.1) is 0 Å². The van der Waals surface area contributed by atoms with Gasteiger partial charge in [0, 0.05) is 29.8 Å². The molecule has 3 aromatic carbocycles. The van der Waals surface area contributed by atoms with Crippen LogP contribution >= 0.6 is 0 Å². The van der Waals surface area contributed by atoms with Crippen LogP contribution in [0.5, 0.6) is 0 Å². The van der Waals surface area contributed by atoms with Crippen molar-refractivity contribution in [1.29, 1.82) is 0 Å². The Morgan fingerprint density at radius 2 is 1.81 bits per heavy atom. The zero-order valence-electron chi connectivity index (χ0n) is 19.2. The molecule has 0 bridgehead atoms. The molecule has 3 unspecified atom stereocenters. The minimum absolute atomic E-state index is 0.155. The number of ether oxygens (including phenoxy) is 1. The van der Waals surface area contributed by atoms with Crippen LogP contribution in [0.4, 0.5) is 22.7 Å². The summed E-state index contributed by atoms with van der Waals surface area (Å²) in [6, 6.07) is 20.7. The van der Waals surface area contributed by atoms with Crippen LogP contribution < -0.4 is 10.6 Å². The third-order valence-corrected chi connectivity index (χ3v) is 6.66. The molecule has 0 aromatic heterocycles. The molecule has 3 aliphatic heterocycles. The van der Waals surface area contributed by atoms with Crippen molar-refractivity contribution in [3.63, 3.8) is 0 Å². The number of rotatable bonds is 3. The second-order valence-corrected chi connectivity index (χ2v) is 8.73. The normalized spacial score (nSPS) is 23.9. The van der Waals surface area contributed by atoms with Crippen LogP contribution in [0.2, 0.25) is 0 Å². The third-order valence-electron chi connectivity index (χ3n) is 6.66. The molecule has 3 N–H and O–H groups in total. The van der Waals surface area contributed by atoms with Gasteiger partial charge in [0.05, 0.1) is 29.8 Å². The summed E-state index contributed by atoms with van der Waals surface area (Å²) in [6.07, 6.45) is -1.17. The van der Waals surface area contributed by atoms with Crippen molar-refractivity contribution in [3.05, 3.63) is 83.9 Å². The van der Waals surface area contributed by atoms with E-state index in [9.17, 15) is 14.7 Å². The van der Waals surface area contributed by atoms with Gasteiger partial charge in [0.1, 0.15) is 0 Å². The molecule has 0 saturated carbocycles. The van der Waals surface area contributed by atoms with Crippen molar-refractivity contribution in [1.82, 2.24) is 0 Å². The van der Waals surface area contributed by atoms with Crippen molar-refractivity contribution in [2.45, 2.75) is 24.3 Å². The molecular weight excluding hydrogens is 462 g/mol. The number of aliphatic imine (C=N–C) groups is 1. The van der Waals surface area contributed by atoms with Gasteiger partial charge in [0.25, 0.3) is 11.9 Å². The van der Waals surface area contributed by atoms with Crippen molar-refractivity contribution >= 4 is 40.3 Å². The molecule has 36 heavy (non-hydrogen) atoms. The third kappa shape index (κ3) is 3.34. The van der Waals surface area contributed by atoms with Gasteiger partial charge >= 0.3 is 12.3 Å². The maximum atomic E-state index is 13.5. The second-order valence-electron chi connectivity index (χ2n) is 8.73. The zero-order valence-corrected chi connectivity index (χ0v) is 19.2. The van der Waals surface area contributed by atoms with Gasteiger partial charge in [-0.25, -0.2) is 9.79 Å². The predicted molar refractivity (Wildman–Crippen MR) is 130 cm³/mol. The molecule has 1 spiro atoms. The molecule has 3 aliphatic rings. The highest BCUT2D eigenvalue weighted by Gasteiger charge is 2.54. The largest absolute Gasteiger partial charge is 0.465 e. The number of hydrogen-bond acceptors (Lipinski definition) is 8. The lowest BCUT2D eigenvalue weighted by Crippen LogP contribution is -2.47. The van der Waals surface area contributed by atoms with E-state index in [0.29, 0.717) is 28.3 Å². The summed E-state index contributed by atoms with van der Waals surface area (Å²) in [5.41, 5.74) is 3.13. The Labute approximate surface area is 205 Å². The number of esters is 1. The molecule has 3 atom stereocenters. The molecule has 0 fully saturated rings. The number of carbonyl (C=O) groups excluding carboxylic acids is 2. The van der Waals surface area contributed by atoms with E-state index in [1.807, 2.05) is 48.5 Å². The van der Waals surface area contributed by atoms with Crippen LogP contribution in [0.3, 0.4) is 0 Å². The first-order valence-corrected chi connectivity index (χ1v) is 11.4. The molecule has 180 valence electrons. The van der Waals surface area contributed by atoms with E-state index < -0.39 is 23.8 Å². The molecule has 3 heterocycles. The van der Waals surface area contributed by atoms with E-state index in [2.05, 4.69) is 15.9 Å². The number of aliphatic hydroxyl groups excluding tert-OH is 1. The van der Waals surface area contributed by atoms with Crippen molar-refractivity contribution in [2.75, 3.05) is 17.7 Å². The zero-order chi connectivity index (χ0) is 24.9. The number of carbonyl (C=O) groups is 2. The highest BCUT2D eigenvalue weighted by atomic mass is 16.7. The van der Waals surface area contributed by atoms with Crippen LogP contribution in [0.15, 0.2) is 83.1 Å². The lowest BCUT2D eigenvalue weighted by Gasteiger charge is -2.29. The van der Waals surface area contributed by atoms with E-state index in [-0.39, 0.29) is 12.3 Å². The first-order chi connectivity index (χ1) is 17.5. The van der Waals surface area contributed by atoms with E-state index in [1.54, 1.807) is 24.3 Å². The van der Waals surface area contributed by atoms with Crippen molar-refractivity contribution < 1.29 is 29.0 Å². The Bertz CT molecular complexity index is 1450. The Morgan fingerprint density at radius 3 is 2.58 bits per heavy atom. The molecule has 10 nitrogen and oxygen atoms in total. The number of hydrogen-bond donors (Lipinski definition) is 3. The quantitative estimate of drug-likeness (QED) is 0.385. The van der Waals surface area contributed by atoms with E-state index in [1.165, 1.54) is 11.8 Å². The summed E-state index contributed by atoms with van der Waals surface area (Å²) < 4.78 is 6.27. The first kappa shape index (κ1) is 21.9. The van der Waals surface area contributed by atoms with Gasteiger partial charge < -0.3 is 25.3 Å². The summed E-state index contributed by atoms with van der Waals surface area (Å²) in [6.45, 7) is 0. The van der Waals surface area contributed by atoms with Crippen LogP contribution in [-0.2, 0) is 19.9 Å². The molecule has 10 heteroatoms. The van der Waals surface area contributed by atoms with Crippen LogP contribution in [0.1, 0.15) is 22.3 Å². The Balaban J connectivity index is 1.46. The average Bonchev–Trinajstić information content (AvgIpc) is 3.34. The molecule has 3 aromatic rings. The van der Waals surface area contributed by atoms with Gasteiger partial charge in [-0.15, -0.1) is 0 Å². The summed E-state index contributed by atoms with van der Waals surface area (Å²) in [4.78, 5) is 35.5. The molecule has 1 amide bonds. The minimum atomic E-state index is -1.33. The summed E-state index contributed by atoms with van der Waals surface area (Å²) >= 11 is 0. The van der Waals surface area contributed by atoms with E-state index >= 15 is 0 Å². The molecule has 0 aliphatic carbocycles. The number of fused-ring (bicyclic) bond motifs is 3. The van der Waals surface area contributed by atoms with Gasteiger partial charge in [-0.2, -0.15) is 0 Å². The standard InChI is InChI=1S/C26H21N5O5/c1-35-23(32)15-10-12-16(13-11-15)31-22(24(33)36-30-31)21-14-26(29-20-9-5-4-8-19(20)27-21)17-6-2-3-7-18(17)28-25(26)34/h2-13,22,24,29,33H,14H2,1H3/p+1. The fourth-order valence-electron chi connectivity index (χ4n) is 4.91. The molecule has 0 saturated heterocycles. The SMILES string of the molecule is COC(=O)c1ccc([N+]2=NOC(O)C2C2=Nc3ccccc3NC3(C2)C(=O)Nc2ccccc23)cc1. The number of para-hydroxylation sites is 3. The first-order valence-electron chi connectivity index (χ1n) is 11.4. The van der Waals surface area contributed by atoms with Crippen molar-refractivity contribution in [3.8, 4) is 0 Å². The van der Waals surface area contributed by atoms with Crippen LogP contribution in [-0.4, -0.2) is 46.8 Å². The fourth-order valence-corrected chi connectivity index (χ4v) is 4.91. The minimum Gasteiger partial charge on any atom is -0.465 e. The van der Waals surface area contributed by atoms with Gasteiger partial charge in [0.15, 0.2) is 10.8 Å². The number of methoxy groups -OCH3 is 1. The van der Waals surface area contributed by atoms with Crippen molar-refractivity contribution in [2.24, 2.45) is 10.3 Å². The maximum Gasteiger partial charge on any atom is 0.337 e. The summed E-state index contributed by atoms with van der Waals surface area (Å²) in [5.74, 6) is -0.677. The Morgan fingerprint density at radius 1 is 1.08 bits per heavy atom. The highest BCUT2D eigenvalue weighted by Crippen LogP contribution is 2.46. The van der Waals surface area contributed by atoms with Gasteiger partial charge in [-0.05, 0) is 35.0 Å². The van der Waals surface area contributed by atoms with Gasteiger partial charge in [0.2, 0.25) is 5.69 Å². The highest BCUT2D eigenvalue weighted by molar-refractivity contribution is 6.12. The molecule has 0 radical (unpaired) electrons. The Hall–Kier alpha value is -4.57. The number of benzene rings is 3. The lowest BCUT2D eigenvalue weighted by atomic mass is 9.84. The fraction of sp³-hybridized carbons (Fsp3) is 0.192. The summed E-state index contributed by atoms with van der Waals surface area (Å²) in [7, 11) is 1.31. The van der Waals surface area contributed by atoms with E-state index in [4.69, 9.17) is 14.6 Å². The van der Waals surface area contributed by atoms with E-state index in [0.717, 1.165) is 11.3 Å². The number of amides is 1. The monoisotopic (exact) mass is 484 g/mol. The Kier molecular flexibility index (Phi) is 5.04. The van der Waals surface area contributed by atoms with Gasteiger partial charge in [-0.3, -0.25) is 4.79 Å². The topological polar surface area (TPSA) is 125 Å². The average molecular weight is 484 g/mol. The number of nitrogens with zero attached hydrogens (tertiary/aromatic N) is 3. The lowest BCUT2D eigenvalue weighted by molar-refractivity contribution is -0.529. The summed E-state index contributed by atoms with van der Waals surface area (Å²) in [5, 5.41) is 21.3. The molecular formula is C26H22N5O5+. The molecule has 6 rings (SSSR count). The maximum absolute atomic E-state index is 13.5. The van der Waals surface area contributed by atoms with Crippen LogP contribution in [0.25, 0.3) is 0 Å². The number of anilines is 2. The smallest absolute Gasteiger partial charge is 0.337 e. The predicted octanol–water partition coefficient (Wildman–Crippen LogP) is 3.64. The number of aliphatic hydroxyl groups is 1.